The quantitative estimate of drug-likeness (QED) is 0.826. The van der Waals surface area contributed by atoms with Gasteiger partial charge in [0, 0.05) is 12.0 Å². The molecule has 1 N–H and O–H groups in total. The Hall–Kier alpha value is -1.61. The predicted octanol–water partition coefficient (Wildman–Crippen LogP) is 2.68. The molecule has 1 heterocycles. The van der Waals surface area contributed by atoms with Gasteiger partial charge >= 0.3 is 0 Å². The lowest BCUT2D eigenvalue weighted by atomic mass is 9.92. The standard InChI is InChI=1S/C16H21NO2/c1-3-10-16(2)11-9-15(19)17(16)14(12-18)13-7-5-4-6-8-13/h3-8,14,18H,1,9-12H2,2H3/t14-,16-/m0/s1. The molecule has 0 bridgehead atoms. The van der Waals surface area contributed by atoms with Gasteiger partial charge in [-0.15, -0.1) is 6.58 Å². The van der Waals surface area contributed by atoms with Crippen molar-refractivity contribution in [1.29, 1.82) is 0 Å². The minimum absolute atomic E-state index is 0.0531. The summed E-state index contributed by atoms with van der Waals surface area (Å²) in [4.78, 5) is 14.1. The number of aliphatic hydroxyl groups is 1. The number of nitrogens with zero attached hydrogens (tertiary/aromatic N) is 1. The third kappa shape index (κ3) is 2.56. The van der Waals surface area contributed by atoms with E-state index in [1.54, 1.807) is 0 Å². The van der Waals surface area contributed by atoms with Gasteiger partial charge in [-0.3, -0.25) is 4.79 Å². The third-order valence-electron chi connectivity index (χ3n) is 3.98. The Morgan fingerprint density at radius 3 is 2.74 bits per heavy atom. The van der Waals surface area contributed by atoms with Gasteiger partial charge in [-0.05, 0) is 25.3 Å². The molecule has 0 saturated carbocycles. The van der Waals surface area contributed by atoms with Gasteiger partial charge in [-0.25, -0.2) is 0 Å². The van der Waals surface area contributed by atoms with Crippen LogP contribution in [0.2, 0.25) is 0 Å². The van der Waals surface area contributed by atoms with Crippen molar-refractivity contribution in [1.82, 2.24) is 4.90 Å². The van der Waals surface area contributed by atoms with Gasteiger partial charge in [0.1, 0.15) is 0 Å². The zero-order valence-electron chi connectivity index (χ0n) is 11.4. The van der Waals surface area contributed by atoms with E-state index < -0.39 is 0 Å². The number of benzene rings is 1. The fourth-order valence-corrected chi connectivity index (χ4v) is 2.99. The molecule has 0 unspecified atom stereocenters. The minimum Gasteiger partial charge on any atom is -0.394 e. The Balaban J connectivity index is 2.35. The number of carbonyl (C=O) groups excluding carboxylic acids is 1. The summed E-state index contributed by atoms with van der Waals surface area (Å²) in [5.41, 5.74) is 0.748. The summed E-state index contributed by atoms with van der Waals surface area (Å²) in [6, 6.07) is 9.46. The highest BCUT2D eigenvalue weighted by atomic mass is 16.3. The molecule has 1 aliphatic rings. The number of hydrogen-bond acceptors (Lipinski definition) is 2. The van der Waals surface area contributed by atoms with E-state index in [0.717, 1.165) is 18.4 Å². The maximum atomic E-state index is 12.2. The highest BCUT2D eigenvalue weighted by molar-refractivity contribution is 5.80. The molecule has 0 spiro atoms. The molecule has 1 fully saturated rings. The van der Waals surface area contributed by atoms with Crippen LogP contribution >= 0.6 is 0 Å². The summed E-state index contributed by atoms with van der Waals surface area (Å²) in [6.07, 6.45) is 3.97. The number of amides is 1. The van der Waals surface area contributed by atoms with Gasteiger partial charge in [0.05, 0.1) is 12.6 Å². The van der Waals surface area contributed by atoms with E-state index >= 15 is 0 Å². The molecule has 3 heteroatoms. The Morgan fingerprint density at radius 2 is 2.16 bits per heavy atom. The number of rotatable bonds is 5. The van der Waals surface area contributed by atoms with E-state index in [0.29, 0.717) is 6.42 Å². The van der Waals surface area contributed by atoms with Crippen molar-refractivity contribution in [3.05, 3.63) is 48.6 Å². The second-order valence-corrected chi connectivity index (χ2v) is 5.36. The summed E-state index contributed by atoms with van der Waals surface area (Å²) >= 11 is 0. The van der Waals surface area contributed by atoms with Gasteiger partial charge < -0.3 is 10.0 Å². The normalized spacial score (nSPS) is 24.5. The highest BCUT2D eigenvalue weighted by Crippen LogP contribution is 2.39. The van der Waals surface area contributed by atoms with E-state index in [4.69, 9.17) is 0 Å². The number of carbonyl (C=O) groups is 1. The van der Waals surface area contributed by atoms with Crippen LogP contribution in [0.25, 0.3) is 0 Å². The second-order valence-electron chi connectivity index (χ2n) is 5.36. The predicted molar refractivity (Wildman–Crippen MR) is 75.6 cm³/mol. The first kappa shape index (κ1) is 13.8. The molecule has 1 amide bonds. The lowest BCUT2D eigenvalue weighted by Crippen LogP contribution is -2.46. The van der Waals surface area contributed by atoms with Crippen LogP contribution in [0, 0.1) is 0 Å². The molecule has 1 aromatic carbocycles. The van der Waals surface area contributed by atoms with Crippen LogP contribution in [0.3, 0.4) is 0 Å². The van der Waals surface area contributed by atoms with E-state index in [1.165, 1.54) is 0 Å². The first-order valence-corrected chi connectivity index (χ1v) is 6.71. The van der Waals surface area contributed by atoms with Crippen LogP contribution in [0.15, 0.2) is 43.0 Å². The monoisotopic (exact) mass is 259 g/mol. The smallest absolute Gasteiger partial charge is 0.223 e. The first-order chi connectivity index (χ1) is 9.12. The molecule has 19 heavy (non-hydrogen) atoms. The Labute approximate surface area is 114 Å². The van der Waals surface area contributed by atoms with Crippen LogP contribution in [0.1, 0.15) is 37.8 Å². The Kier molecular flexibility index (Phi) is 4.05. The van der Waals surface area contributed by atoms with Crippen molar-refractivity contribution in [2.24, 2.45) is 0 Å². The summed E-state index contributed by atoms with van der Waals surface area (Å²) in [6.45, 7) is 5.81. The SMILES string of the molecule is C=CC[C@@]1(C)CCC(=O)N1[C@@H](CO)c1ccccc1. The summed E-state index contributed by atoms with van der Waals surface area (Å²) in [7, 11) is 0. The van der Waals surface area contributed by atoms with Crippen molar-refractivity contribution < 1.29 is 9.90 Å². The fraction of sp³-hybridized carbons (Fsp3) is 0.438. The molecular weight excluding hydrogens is 238 g/mol. The zero-order chi connectivity index (χ0) is 13.9. The van der Waals surface area contributed by atoms with Gasteiger partial charge in [-0.1, -0.05) is 36.4 Å². The molecule has 2 atom stereocenters. The molecule has 3 nitrogen and oxygen atoms in total. The van der Waals surface area contributed by atoms with Gasteiger partial charge in [-0.2, -0.15) is 0 Å². The van der Waals surface area contributed by atoms with E-state index in [1.807, 2.05) is 41.3 Å². The summed E-state index contributed by atoms with van der Waals surface area (Å²) in [5, 5.41) is 9.74. The van der Waals surface area contributed by atoms with Gasteiger partial charge in [0.2, 0.25) is 5.91 Å². The molecule has 2 rings (SSSR count). The van der Waals surface area contributed by atoms with Crippen molar-refractivity contribution in [2.75, 3.05) is 6.61 Å². The number of aliphatic hydroxyl groups excluding tert-OH is 1. The average molecular weight is 259 g/mol. The van der Waals surface area contributed by atoms with Crippen molar-refractivity contribution in [2.45, 2.75) is 37.8 Å². The average Bonchev–Trinajstić information content (AvgIpc) is 2.70. The Bertz CT molecular complexity index is 457. The maximum Gasteiger partial charge on any atom is 0.223 e. The largest absolute Gasteiger partial charge is 0.394 e. The van der Waals surface area contributed by atoms with Gasteiger partial charge in [0.15, 0.2) is 0 Å². The van der Waals surface area contributed by atoms with Crippen LogP contribution in [0.5, 0.6) is 0 Å². The lowest BCUT2D eigenvalue weighted by molar-refractivity contribution is -0.135. The highest BCUT2D eigenvalue weighted by Gasteiger charge is 2.44. The molecule has 1 aliphatic heterocycles. The number of hydrogen-bond donors (Lipinski definition) is 1. The topological polar surface area (TPSA) is 40.5 Å². The fourth-order valence-electron chi connectivity index (χ4n) is 2.99. The molecule has 1 saturated heterocycles. The van der Waals surface area contributed by atoms with Crippen molar-refractivity contribution in [3.8, 4) is 0 Å². The molecule has 1 aromatic rings. The first-order valence-electron chi connectivity index (χ1n) is 6.71. The summed E-state index contributed by atoms with van der Waals surface area (Å²) in [5.74, 6) is 0.118. The third-order valence-corrected chi connectivity index (χ3v) is 3.98. The van der Waals surface area contributed by atoms with Crippen molar-refractivity contribution in [3.63, 3.8) is 0 Å². The zero-order valence-corrected chi connectivity index (χ0v) is 11.4. The Morgan fingerprint density at radius 1 is 1.47 bits per heavy atom. The van der Waals surface area contributed by atoms with Crippen LogP contribution in [-0.2, 0) is 4.79 Å². The molecule has 0 aliphatic carbocycles. The van der Waals surface area contributed by atoms with E-state index in [2.05, 4.69) is 13.5 Å². The summed E-state index contributed by atoms with van der Waals surface area (Å²) < 4.78 is 0. The molecule has 102 valence electrons. The number of likely N-dealkylation sites (tertiary alicyclic amines) is 1. The van der Waals surface area contributed by atoms with Crippen LogP contribution in [-0.4, -0.2) is 28.1 Å². The molecular formula is C16H21NO2. The molecule has 0 aromatic heterocycles. The van der Waals surface area contributed by atoms with E-state index in [9.17, 15) is 9.90 Å². The van der Waals surface area contributed by atoms with Gasteiger partial charge in [0.25, 0.3) is 0 Å². The van der Waals surface area contributed by atoms with Crippen molar-refractivity contribution >= 4 is 5.91 Å². The van der Waals surface area contributed by atoms with Crippen LogP contribution in [0.4, 0.5) is 0 Å². The minimum atomic E-state index is -0.263. The second kappa shape index (κ2) is 5.57. The molecule has 0 radical (unpaired) electrons. The lowest BCUT2D eigenvalue weighted by Gasteiger charge is -2.40. The maximum absolute atomic E-state index is 12.2. The van der Waals surface area contributed by atoms with Crippen LogP contribution < -0.4 is 0 Å². The van der Waals surface area contributed by atoms with E-state index in [-0.39, 0.29) is 24.1 Å².